The number of nitrogens with one attached hydrogen (secondary N) is 1. The fraction of sp³-hybridized carbons (Fsp3) is 0.786. The Hall–Kier alpha value is -0.910. The standard InChI is InChI=1S/C14H24N4O/c1-19-5-4-17-11-16-8-14(17)10-18-9-12-2-3-13(18)7-15-6-12/h8,11-13,15H,2-7,9-10H2,1H3/t12-,13+/m1/s1. The Kier molecular flexibility index (Phi) is 4.15. The van der Waals surface area contributed by atoms with E-state index in [0.29, 0.717) is 6.04 Å². The molecular formula is C14H24N4O. The molecule has 0 amide bonds. The summed E-state index contributed by atoms with van der Waals surface area (Å²) in [5.74, 6) is 0.828. The molecule has 0 spiro atoms. The number of hydrogen-bond acceptors (Lipinski definition) is 4. The topological polar surface area (TPSA) is 42.3 Å². The molecule has 5 nitrogen and oxygen atoms in total. The number of rotatable bonds is 5. The monoisotopic (exact) mass is 264 g/mol. The summed E-state index contributed by atoms with van der Waals surface area (Å²) in [6.07, 6.45) is 6.64. The SMILES string of the molecule is COCCn1cncc1CN1C[C@@H]2CC[C@H]1CNC2. The fourth-order valence-electron chi connectivity index (χ4n) is 3.31. The molecule has 4 heterocycles. The first-order valence-corrected chi connectivity index (χ1v) is 7.29. The molecule has 0 aromatic carbocycles. The van der Waals surface area contributed by atoms with Crippen LogP contribution in [0.1, 0.15) is 18.5 Å². The Morgan fingerprint density at radius 2 is 2.37 bits per heavy atom. The maximum atomic E-state index is 5.16. The van der Waals surface area contributed by atoms with Crippen LogP contribution in [0.4, 0.5) is 0 Å². The number of imidazole rings is 1. The largest absolute Gasteiger partial charge is 0.383 e. The zero-order chi connectivity index (χ0) is 13.1. The molecule has 2 atom stereocenters. The molecule has 3 aliphatic heterocycles. The molecule has 1 aromatic heterocycles. The van der Waals surface area contributed by atoms with Crippen LogP contribution in [0.5, 0.6) is 0 Å². The maximum absolute atomic E-state index is 5.16. The summed E-state index contributed by atoms with van der Waals surface area (Å²) >= 11 is 0. The average molecular weight is 264 g/mol. The first kappa shape index (κ1) is 13.1. The summed E-state index contributed by atoms with van der Waals surface area (Å²) < 4.78 is 7.38. The van der Waals surface area contributed by atoms with Gasteiger partial charge in [-0.05, 0) is 25.3 Å². The van der Waals surface area contributed by atoms with E-state index in [1.165, 1.54) is 31.6 Å². The highest BCUT2D eigenvalue weighted by Crippen LogP contribution is 2.25. The van der Waals surface area contributed by atoms with Gasteiger partial charge in [0.05, 0.1) is 18.6 Å². The summed E-state index contributed by atoms with van der Waals surface area (Å²) in [5, 5.41) is 3.58. The van der Waals surface area contributed by atoms with Gasteiger partial charge in [0.2, 0.25) is 0 Å². The highest BCUT2D eigenvalue weighted by atomic mass is 16.5. The lowest BCUT2D eigenvalue weighted by Gasteiger charge is -2.36. The van der Waals surface area contributed by atoms with E-state index >= 15 is 0 Å². The van der Waals surface area contributed by atoms with Crippen molar-refractivity contribution in [3.8, 4) is 0 Å². The molecule has 106 valence electrons. The minimum atomic E-state index is 0.699. The third kappa shape index (κ3) is 2.99. The van der Waals surface area contributed by atoms with Gasteiger partial charge in [0.25, 0.3) is 0 Å². The number of hydrogen-bond donors (Lipinski definition) is 1. The molecule has 0 saturated carbocycles. The molecular weight excluding hydrogens is 240 g/mol. The van der Waals surface area contributed by atoms with Crippen LogP contribution in [0, 0.1) is 5.92 Å². The number of methoxy groups -OCH3 is 1. The molecule has 3 aliphatic rings. The molecule has 4 rings (SSSR count). The van der Waals surface area contributed by atoms with Gasteiger partial charge < -0.3 is 14.6 Å². The van der Waals surface area contributed by atoms with Gasteiger partial charge in [-0.3, -0.25) is 4.90 Å². The summed E-state index contributed by atoms with van der Waals surface area (Å²) in [7, 11) is 1.75. The van der Waals surface area contributed by atoms with E-state index in [9.17, 15) is 0 Å². The van der Waals surface area contributed by atoms with Crippen molar-refractivity contribution in [2.24, 2.45) is 5.92 Å². The van der Waals surface area contributed by atoms with Gasteiger partial charge in [-0.15, -0.1) is 0 Å². The minimum Gasteiger partial charge on any atom is -0.383 e. The van der Waals surface area contributed by atoms with Gasteiger partial charge in [0.15, 0.2) is 0 Å². The first-order valence-electron chi connectivity index (χ1n) is 7.29. The predicted octanol–water partition coefficient (Wildman–Crippen LogP) is 0.713. The molecule has 0 aliphatic carbocycles. The van der Waals surface area contributed by atoms with E-state index in [1.54, 1.807) is 7.11 Å². The number of ether oxygens (including phenoxy) is 1. The third-order valence-corrected chi connectivity index (χ3v) is 4.43. The lowest BCUT2D eigenvalue weighted by Crippen LogP contribution is -2.43. The Balaban J connectivity index is 1.66. The van der Waals surface area contributed by atoms with Gasteiger partial charge in [0.1, 0.15) is 0 Å². The summed E-state index contributed by atoms with van der Waals surface area (Å²) in [6, 6.07) is 0.699. The van der Waals surface area contributed by atoms with Gasteiger partial charge in [-0.1, -0.05) is 0 Å². The van der Waals surface area contributed by atoms with Crippen molar-refractivity contribution in [1.82, 2.24) is 19.8 Å². The zero-order valence-electron chi connectivity index (χ0n) is 11.7. The van der Waals surface area contributed by atoms with Crippen molar-refractivity contribution in [3.63, 3.8) is 0 Å². The first-order chi connectivity index (χ1) is 9.36. The van der Waals surface area contributed by atoms with E-state index in [0.717, 1.165) is 32.2 Å². The van der Waals surface area contributed by atoms with Gasteiger partial charge in [0, 0.05) is 45.5 Å². The molecule has 3 saturated heterocycles. The molecule has 5 heteroatoms. The lowest BCUT2D eigenvalue weighted by molar-refractivity contribution is 0.122. The smallest absolute Gasteiger partial charge is 0.0949 e. The van der Waals surface area contributed by atoms with Crippen molar-refractivity contribution >= 4 is 0 Å². The van der Waals surface area contributed by atoms with E-state index in [2.05, 4.69) is 19.8 Å². The Morgan fingerprint density at radius 3 is 3.26 bits per heavy atom. The van der Waals surface area contributed by atoms with Crippen LogP contribution in [0.3, 0.4) is 0 Å². The summed E-state index contributed by atoms with van der Waals surface area (Å²) in [4.78, 5) is 6.92. The second kappa shape index (κ2) is 6.03. The van der Waals surface area contributed by atoms with Crippen LogP contribution in [0.2, 0.25) is 0 Å². The number of piperidine rings is 1. The highest BCUT2D eigenvalue weighted by Gasteiger charge is 2.31. The Morgan fingerprint density at radius 1 is 1.42 bits per heavy atom. The van der Waals surface area contributed by atoms with Crippen LogP contribution in [0.15, 0.2) is 12.5 Å². The quantitative estimate of drug-likeness (QED) is 0.851. The molecule has 3 fully saturated rings. The Bertz CT molecular complexity index is 402. The molecule has 1 N–H and O–H groups in total. The van der Waals surface area contributed by atoms with Crippen molar-refractivity contribution in [3.05, 3.63) is 18.2 Å². The average Bonchev–Trinajstić information content (AvgIpc) is 2.63. The van der Waals surface area contributed by atoms with E-state index in [-0.39, 0.29) is 0 Å². The molecule has 0 unspecified atom stereocenters. The Labute approximate surface area is 114 Å². The van der Waals surface area contributed by atoms with Crippen LogP contribution >= 0.6 is 0 Å². The number of fused-ring (bicyclic) bond motifs is 4. The minimum absolute atomic E-state index is 0.699. The zero-order valence-corrected chi connectivity index (χ0v) is 11.7. The second-order valence-electron chi connectivity index (χ2n) is 5.76. The highest BCUT2D eigenvalue weighted by molar-refractivity contribution is 5.01. The van der Waals surface area contributed by atoms with Crippen LogP contribution < -0.4 is 5.32 Å². The normalized spacial score (nSPS) is 27.6. The molecule has 2 bridgehead atoms. The van der Waals surface area contributed by atoms with Crippen LogP contribution in [-0.4, -0.2) is 53.8 Å². The van der Waals surface area contributed by atoms with Gasteiger partial charge >= 0.3 is 0 Å². The van der Waals surface area contributed by atoms with Crippen molar-refractivity contribution in [1.29, 1.82) is 0 Å². The van der Waals surface area contributed by atoms with Crippen molar-refractivity contribution in [2.75, 3.05) is 33.4 Å². The van der Waals surface area contributed by atoms with Gasteiger partial charge in [-0.25, -0.2) is 4.98 Å². The molecule has 0 radical (unpaired) electrons. The predicted molar refractivity (Wildman–Crippen MR) is 73.9 cm³/mol. The second-order valence-corrected chi connectivity index (χ2v) is 5.76. The van der Waals surface area contributed by atoms with Crippen LogP contribution in [0.25, 0.3) is 0 Å². The van der Waals surface area contributed by atoms with Crippen LogP contribution in [-0.2, 0) is 17.8 Å². The fourth-order valence-corrected chi connectivity index (χ4v) is 3.31. The van der Waals surface area contributed by atoms with Crippen molar-refractivity contribution < 1.29 is 4.74 Å². The summed E-state index contributed by atoms with van der Waals surface area (Å²) in [5.41, 5.74) is 1.31. The third-order valence-electron chi connectivity index (χ3n) is 4.43. The maximum Gasteiger partial charge on any atom is 0.0949 e. The molecule has 19 heavy (non-hydrogen) atoms. The molecule has 1 aromatic rings. The van der Waals surface area contributed by atoms with Gasteiger partial charge in [-0.2, -0.15) is 0 Å². The van der Waals surface area contributed by atoms with Crippen molar-refractivity contribution in [2.45, 2.75) is 32.0 Å². The number of aromatic nitrogens is 2. The lowest BCUT2D eigenvalue weighted by atomic mass is 9.95. The van der Waals surface area contributed by atoms with E-state index < -0.39 is 0 Å². The van der Waals surface area contributed by atoms with E-state index in [4.69, 9.17) is 4.74 Å². The van der Waals surface area contributed by atoms with E-state index in [1.807, 2.05) is 12.5 Å². The number of nitrogens with zero attached hydrogens (tertiary/aromatic N) is 3. The summed E-state index contributed by atoms with van der Waals surface area (Å²) in [6.45, 7) is 6.22.